The lowest BCUT2D eigenvalue weighted by atomic mass is 10.0. The van der Waals surface area contributed by atoms with Gasteiger partial charge in [0.2, 0.25) is 0 Å². The van der Waals surface area contributed by atoms with Gasteiger partial charge in [-0.25, -0.2) is 0 Å². The fraction of sp³-hybridized carbons (Fsp3) is 0.182. The molecule has 4 rings (SSSR count). The smallest absolute Gasteiger partial charge is 0.142 e. The van der Waals surface area contributed by atoms with Crippen LogP contribution in [0.1, 0.15) is 22.7 Å². The Labute approximate surface area is 165 Å². The number of halogens is 2. The van der Waals surface area contributed by atoms with E-state index in [1.807, 2.05) is 6.07 Å². The predicted molar refractivity (Wildman–Crippen MR) is 101 cm³/mol. The van der Waals surface area contributed by atoms with E-state index in [2.05, 4.69) is 80.8 Å². The SMILES string of the molecule is C[N+](C)(Cc1ccccc1)C1c2ccccc2-c2ccc(Cl)cc21.[Br-]. The predicted octanol–water partition coefficient (Wildman–Crippen LogP) is 2.69. The third kappa shape index (κ3) is 3.27. The summed E-state index contributed by atoms with van der Waals surface area (Å²) in [5, 5.41) is 0.811. The van der Waals surface area contributed by atoms with Crippen molar-refractivity contribution in [1.29, 1.82) is 0 Å². The number of rotatable bonds is 3. The van der Waals surface area contributed by atoms with Crippen LogP contribution in [0.4, 0.5) is 0 Å². The normalized spacial score (nSPS) is 15.2. The van der Waals surface area contributed by atoms with E-state index in [1.54, 1.807) is 0 Å². The van der Waals surface area contributed by atoms with Gasteiger partial charge in [0.25, 0.3) is 0 Å². The molecule has 1 aliphatic carbocycles. The van der Waals surface area contributed by atoms with Gasteiger partial charge in [0.1, 0.15) is 12.6 Å². The third-order valence-electron chi connectivity index (χ3n) is 4.99. The van der Waals surface area contributed by atoms with E-state index >= 15 is 0 Å². The summed E-state index contributed by atoms with van der Waals surface area (Å²) in [6, 6.07) is 26.1. The van der Waals surface area contributed by atoms with E-state index in [0.717, 1.165) is 16.1 Å². The van der Waals surface area contributed by atoms with Crippen molar-refractivity contribution in [3.05, 3.63) is 94.5 Å². The van der Waals surface area contributed by atoms with E-state index in [1.165, 1.54) is 27.8 Å². The molecule has 0 radical (unpaired) electrons. The number of nitrogens with zero attached hydrogens (tertiary/aromatic N) is 1. The average Bonchev–Trinajstić information content (AvgIpc) is 2.89. The molecule has 1 atom stereocenters. The van der Waals surface area contributed by atoms with E-state index in [0.29, 0.717) is 6.04 Å². The second kappa shape index (κ2) is 6.95. The minimum Gasteiger partial charge on any atom is -1.00 e. The maximum atomic E-state index is 6.33. The van der Waals surface area contributed by atoms with Crippen LogP contribution in [-0.2, 0) is 6.54 Å². The molecule has 0 spiro atoms. The Morgan fingerprint density at radius 1 is 0.800 bits per heavy atom. The van der Waals surface area contributed by atoms with E-state index in [9.17, 15) is 0 Å². The number of hydrogen-bond donors (Lipinski definition) is 0. The van der Waals surface area contributed by atoms with Gasteiger partial charge in [0.15, 0.2) is 0 Å². The van der Waals surface area contributed by atoms with Crippen LogP contribution in [0.3, 0.4) is 0 Å². The first kappa shape index (κ1) is 18.2. The Hall–Kier alpha value is -1.61. The summed E-state index contributed by atoms with van der Waals surface area (Å²) >= 11 is 6.33. The maximum Gasteiger partial charge on any atom is 0.142 e. The van der Waals surface area contributed by atoms with Gasteiger partial charge >= 0.3 is 0 Å². The van der Waals surface area contributed by atoms with Crippen molar-refractivity contribution in [2.45, 2.75) is 12.6 Å². The highest BCUT2D eigenvalue weighted by atomic mass is 79.9. The van der Waals surface area contributed by atoms with Crippen LogP contribution in [0, 0.1) is 0 Å². The van der Waals surface area contributed by atoms with E-state index in [-0.39, 0.29) is 17.0 Å². The summed E-state index contributed by atoms with van der Waals surface area (Å²) in [5.41, 5.74) is 6.75. The Morgan fingerprint density at radius 3 is 2.20 bits per heavy atom. The number of benzene rings is 3. The highest BCUT2D eigenvalue weighted by molar-refractivity contribution is 6.30. The molecule has 1 unspecified atom stereocenters. The summed E-state index contributed by atoms with van der Waals surface area (Å²) in [4.78, 5) is 0. The molecule has 3 aromatic carbocycles. The van der Waals surface area contributed by atoms with Gasteiger partial charge in [-0.15, -0.1) is 0 Å². The van der Waals surface area contributed by atoms with Crippen molar-refractivity contribution in [3.63, 3.8) is 0 Å². The third-order valence-corrected chi connectivity index (χ3v) is 5.22. The van der Waals surface area contributed by atoms with Crippen LogP contribution in [0.2, 0.25) is 5.02 Å². The maximum absolute atomic E-state index is 6.33. The number of quaternary nitrogens is 1. The Bertz CT molecular complexity index is 890. The summed E-state index contributed by atoms with van der Waals surface area (Å²) < 4.78 is 0.869. The topological polar surface area (TPSA) is 0 Å². The van der Waals surface area contributed by atoms with Gasteiger partial charge in [-0.2, -0.15) is 0 Å². The Kier molecular flexibility index (Phi) is 5.06. The standard InChI is InChI=1S/C22H21ClN.BrH/c1-24(2,15-16-8-4-3-5-9-16)22-20-11-7-6-10-18(20)19-13-12-17(23)14-21(19)22;/h3-14,22H,15H2,1-2H3;1H/q+1;/p-1. The van der Waals surface area contributed by atoms with E-state index in [4.69, 9.17) is 11.6 Å². The van der Waals surface area contributed by atoms with Crippen molar-refractivity contribution in [2.75, 3.05) is 14.1 Å². The highest BCUT2D eigenvalue weighted by Gasteiger charge is 2.39. The van der Waals surface area contributed by atoms with E-state index < -0.39 is 0 Å². The van der Waals surface area contributed by atoms with Gasteiger partial charge in [-0.05, 0) is 23.3 Å². The summed E-state index contributed by atoms with van der Waals surface area (Å²) in [6.45, 7) is 0.978. The van der Waals surface area contributed by atoms with Crippen molar-refractivity contribution in [2.24, 2.45) is 0 Å². The minimum absolute atomic E-state index is 0. The molecule has 3 aromatic rings. The first-order valence-corrected chi connectivity index (χ1v) is 8.69. The summed E-state index contributed by atoms with van der Waals surface area (Å²) in [7, 11) is 4.62. The summed E-state index contributed by atoms with van der Waals surface area (Å²) in [6.07, 6.45) is 0. The molecule has 0 heterocycles. The highest BCUT2D eigenvalue weighted by Crippen LogP contribution is 2.49. The monoisotopic (exact) mass is 413 g/mol. The molecular formula is C22H21BrClN. The van der Waals surface area contributed by atoms with Gasteiger partial charge in [0, 0.05) is 21.7 Å². The molecule has 0 aliphatic heterocycles. The van der Waals surface area contributed by atoms with Gasteiger partial charge in [-0.3, -0.25) is 0 Å². The second-order valence-corrected chi connectivity index (χ2v) is 7.58. The first-order valence-electron chi connectivity index (χ1n) is 8.31. The quantitative estimate of drug-likeness (QED) is 0.578. The molecule has 0 amide bonds. The molecule has 128 valence electrons. The van der Waals surface area contributed by atoms with Crippen LogP contribution in [0.5, 0.6) is 0 Å². The van der Waals surface area contributed by atoms with Crippen molar-refractivity contribution in [1.82, 2.24) is 0 Å². The van der Waals surface area contributed by atoms with Gasteiger partial charge in [-0.1, -0.05) is 72.3 Å². The fourth-order valence-corrected chi connectivity index (χ4v) is 4.23. The molecule has 3 heteroatoms. The molecule has 0 saturated heterocycles. The van der Waals surface area contributed by atoms with Crippen LogP contribution in [0.25, 0.3) is 11.1 Å². The molecule has 0 N–H and O–H groups in total. The Morgan fingerprint density at radius 2 is 1.44 bits per heavy atom. The van der Waals surface area contributed by atoms with Gasteiger partial charge < -0.3 is 21.5 Å². The lowest BCUT2D eigenvalue weighted by molar-refractivity contribution is -0.927. The van der Waals surface area contributed by atoms with Crippen molar-refractivity contribution < 1.29 is 21.5 Å². The molecule has 0 saturated carbocycles. The van der Waals surface area contributed by atoms with Crippen LogP contribution in [0.15, 0.2) is 72.8 Å². The lowest BCUT2D eigenvalue weighted by Crippen LogP contribution is -3.00. The lowest BCUT2D eigenvalue weighted by Gasteiger charge is -2.37. The molecule has 0 fully saturated rings. The van der Waals surface area contributed by atoms with Crippen LogP contribution < -0.4 is 17.0 Å². The Balaban J connectivity index is 0.00000182. The molecule has 1 aliphatic rings. The fourth-order valence-electron chi connectivity index (χ4n) is 4.05. The molecule has 1 nitrogen and oxygen atoms in total. The number of fused-ring (bicyclic) bond motifs is 3. The van der Waals surface area contributed by atoms with Crippen molar-refractivity contribution >= 4 is 11.6 Å². The van der Waals surface area contributed by atoms with Crippen LogP contribution >= 0.6 is 11.6 Å². The zero-order chi connectivity index (χ0) is 16.7. The molecule has 0 bridgehead atoms. The molecule has 25 heavy (non-hydrogen) atoms. The van der Waals surface area contributed by atoms with Gasteiger partial charge in [0.05, 0.1) is 14.1 Å². The average molecular weight is 415 g/mol. The van der Waals surface area contributed by atoms with Crippen molar-refractivity contribution in [3.8, 4) is 11.1 Å². The largest absolute Gasteiger partial charge is 1.00 e. The molecule has 0 aromatic heterocycles. The zero-order valence-electron chi connectivity index (χ0n) is 14.4. The second-order valence-electron chi connectivity index (χ2n) is 7.14. The molecular weight excluding hydrogens is 394 g/mol. The first-order chi connectivity index (χ1) is 11.6. The minimum atomic E-state index is 0. The zero-order valence-corrected chi connectivity index (χ0v) is 16.8. The van der Waals surface area contributed by atoms with Crippen LogP contribution in [-0.4, -0.2) is 18.6 Å². The summed E-state index contributed by atoms with van der Waals surface area (Å²) in [5.74, 6) is 0. The number of hydrogen-bond acceptors (Lipinski definition) is 0.